The quantitative estimate of drug-likeness (QED) is 0.803. The minimum Gasteiger partial charge on any atom is -0.381 e. The second-order valence-corrected chi connectivity index (χ2v) is 4.03. The summed E-state index contributed by atoms with van der Waals surface area (Å²) < 4.78 is 5.39. The average Bonchev–Trinajstić information content (AvgIpc) is 2.39. The molecular weight excluding hydrogens is 204 g/mol. The number of ether oxygens (including phenoxy) is 1. The lowest BCUT2D eigenvalue weighted by Gasteiger charge is -2.39. The zero-order valence-electron chi connectivity index (χ0n) is 9.54. The zero-order chi connectivity index (χ0) is 11.4. The molecule has 88 valence electrons. The summed E-state index contributed by atoms with van der Waals surface area (Å²) in [4.78, 5) is 10.6. The molecule has 0 bridgehead atoms. The topological polar surface area (TPSA) is 64.3 Å². The standard InChI is InChI=1S/C11H18N4O/c1-16-10-2-5-15(9(6-10)7-12)11-8-13-3-4-14-11/h3-4,8-10H,2,5-7,12H2,1H3. The Kier molecular flexibility index (Phi) is 3.69. The molecule has 2 N–H and O–H groups in total. The normalized spacial score (nSPS) is 25.8. The first-order valence-corrected chi connectivity index (χ1v) is 5.60. The molecular formula is C11H18N4O. The van der Waals surface area contributed by atoms with Gasteiger partial charge in [0.2, 0.25) is 0 Å². The molecule has 5 nitrogen and oxygen atoms in total. The zero-order valence-corrected chi connectivity index (χ0v) is 9.54. The number of methoxy groups -OCH3 is 1. The summed E-state index contributed by atoms with van der Waals surface area (Å²) in [5.41, 5.74) is 5.80. The fraction of sp³-hybridized carbons (Fsp3) is 0.636. The van der Waals surface area contributed by atoms with Crippen molar-refractivity contribution in [3.05, 3.63) is 18.6 Å². The van der Waals surface area contributed by atoms with E-state index in [1.807, 2.05) is 0 Å². The molecule has 2 heterocycles. The van der Waals surface area contributed by atoms with E-state index in [0.717, 1.165) is 25.2 Å². The predicted molar refractivity (Wildman–Crippen MR) is 62.3 cm³/mol. The van der Waals surface area contributed by atoms with Crippen LogP contribution in [0.1, 0.15) is 12.8 Å². The fourth-order valence-corrected chi connectivity index (χ4v) is 2.19. The van der Waals surface area contributed by atoms with Gasteiger partial charge in [0, 0.05) is 38.6 Å². The molecule has 0 saturated carbocycles. The third-order valence-corrected chi connectivity index (χ3v) is 3.12. The highest BCUT2D eigenvalue weighted by molar-refractivity contribution is 5.37. The molecule has 16 heavy (non-hydrogen) atoms. The molecule has 1 aliphatic heterocycles. The number of hydrogen-bond donors (Lipinski definition) is 1. The van der Waals surface area contributed by atoms with E-state index in [2.05, 4.69) is 14.9 Å². The number of anilines is 1. The number of piperidine rings is 1. The Morgan fingerprint density at radius 2 is 2.44 bits per heavy atom. The molecule has 0 radical (unpaired) electrons. The van der Waals surface area contributed by atoms with Crippen LogP contribution >= 0.6 is 0 Å². The van der Waals surface area contributed by atoms with Gasteiger partial charge >= 0.3 is 0 Å². The van der Waals surface area contributed by atoms with E-state index in [0.29, 0.717) is 18.7 Å². The van der Waals surface area contributed by atoms with Crippen molar-refractivity contribution in [3.63, 3.8) is 0 Å². The van der Waals surface area contributed by atoms with Gasteiger partial charge in [0.15, 0.2) is 0 Å². The van der Waals surface area contributed by atoms with Crippen molar-refractivity contribution in [1.82, 2.24) is 9.97 Å². The van der Waals surface area contributed by atoms with Gasteiger partial charge in [-0.15, -0.1) is 0 Å². The van der Waals surface area contributed by atoms with E-state index in [9.17, 15) is 0 Å². The van der Waals surface area contributed by atoms with Crippen LogP contribution in [0.2, 0.25) is 0 Å². The summed E-state index contributed by atoms with van der Waals surface area (Å²) >= 11 is 0. The largest absolute Gasteiger partial charge is 0.381 e. The first-order valence-electron chi connectivity index (χ1n) is 5.60. The summed E-state index contributed by atoms with van der Waals surface area (Å²) in [5, 5.41) is 0. The molecule has 5 heteroatoms. The van der Waals surface area contributed by atoms with Gasteiger partial charge in [0.1, 0.15) is 5.82 Å². The maximum Gasteiger partial charge on any atom is 0.147 e. The molecule has 0 spiro atoms. The van der Waals surface area contributed by atoms with Gasteiger partial charge in [-0.05, 0) is 12.8 Å². The molecule has 1 aliphatic rings. The number of nitrogens with two attached hydrogens (primary N) is 1. The second kappa shape index (κ2) is 5.23. The van der Waals surface area contributed by atoms with Crippen LogP contribution in [0.5, 0.6) is 0 Å². The molecule has 2 unspecified atom stereocenters. The van der Waals surface area contributed by atoms with E-state index in [-0.39, 0.29) is 0 Å². The van der Waals surface area contributed by atoms with Crippen molar-refractivity contribution in [1.29, 1.82) is 0 Å². The molecule has 1 saturated heterocycles. The third-order valence-electron chi connectivity index (χ3n) is 3.12. The van der Waals surface area contributed by atoms with Gasteiger partial charge in [0.05, 0.1) is 12.3 Å². The maximum atomic E-state index is 5.80. The van der Waals surface area contributed by atoms with Crippen LogP contribution < -0.4 is 10.6 Å². The van der Waals surface area contributed by atoms with Gasteiger partial charge in [0.25, 0.3) is 0 Å². The molecule has 0 aliphatic carbocycles. The third kappa shape index (κ3) is 2.31. The van der Waals surface area contributed by atoms with Gasteiger partial charge in [-0.25, -0.2) is 4.98 Å². The molecule has 2 rings (SSSR count). The summed E-state index contributed by atoms with van der Waals surface area (Å²) in [6.07, 6.45) is 7.48. The molecule has 0 amide bonds. The molecule has 0 aromatic carbocycles. The first kappa shape index (κ1) is 11.3. The van der Waals surface area contributed by atoms with E-state index in [1.54, 1.807) is 25.7 Å². The number of aromatic nitrogens is 2. The maximum absolute atomic E-state index is 5.80. The van der Waals surface area contributed by atoms with Gasteiger partial charge in [-0.3, -0.25) is 4.98 Å². The molecule has 2 atom stereocenters. The number of rotatable bonds is 3. The van der Waals surface area contributed by atoms with E-state index in [4.69, 9.17) is 10.5 Å². The second-order valence-electron chi connectivity index (χ2n) is 4.03. The Morgan fingerprint density at radius 1 is 1.56 bits per heavy atom. The summed E-state index contributed by atoms with van der Waals surface area (Å²) in [5.74, 6) is 0.910. The highest BCUT2D eigenvalue weighted by Gasteiger charge is 2.28. The van der Waals surface area contributed by atoms with Gasteiger partial charge in [-0.2, -0.15) is 0 Å². The lowest BCUT2D eigenvalue weighted by atomic mass is 9.99. The lowest BCUT2D eigenvalue weighted by molar-refractivity contribution is 0.0708. The Balaban J connectivity index is 2.10. The van der Waals surface area contributed by atoms with E-state index < -0.39 is 0 Å². The minimum absolute atomic E-state index is 0.301. The van der Waals surface area contributed by atoms with Crippen LogP contribution in [0.15, 0.2) is 18.6 Å². The Bertz CT molecular complexity index is 319. The number of nitrogens with zero attached hydrogens (tertiary/aromatic N) is 3. The molecule has 1 fully saturated rings. The molecule has 1 aromatic rings. The van der Waals surface area contributed by atoms with Crippen LogP contribution in [-0.4, -0.2) is 42.3 Å². The number of hydrogen-bond acceptors (Lipinski definition) is 5. The Morgan fingerprint density at radius 3 is 3.06 bits per heavy atom. The SMILES string of the molecule is COC1CCN(c2cnccn2)C(CN)C1. The van der Waals surface area contributed by atoms with Gasteiger partial charge < -0.3 is 15.4 Å². The highest BCUT2D eigenvalue weighted by atomic mass is 16.5. The average molecular weight is 222 g/mol. The van der Waals surface area contributed by atoms with Crippen molar-refractivity contribution in [2.75, 3.05) is 25.1 Å². The van der Waals surface area contributed by atoms with Crippen LogP contribution in [0.25, 0.3) is 0 Å². The summed E-state index contributed by atoms with van der Waals surface area (Å²) in [6, 6.07) is 0.301. The van der Waals surface area contributed by atoms with Crippen LogP contribution in [0.3, 0.4) is 0 Å². The monoisotopic (exact) mass is 222 g/mol. The van der Waals surface area contributed by atoms with E-state index in [1.165, 1.54) is 0 Å². The van der Waals surface area contributed by atoms with Crippen molar-refractivity contribution >= 4 is 5.82 Å². The van der Waals surface area contributed by atoms with Crippen LogP contribution in [0, 0.1) is 0 Å². The van der Waals surface area contributed by atoms with Gasteiger partial charge in [-0.1, -0.05) is 0 Å². The fourth-order valence-electron chi connectivity index (χ4n) is 2.19. The molecule has 1 aromatic heterocycles. The smallest absolute Gasteiger partial charge is 0.147 e. The van der Waals surface area contributed by atoms with Crippen molar-refractivity contribution in [2.45, 2.75) is 25.0 Å². The lowest BCUT2D eigenvalue weighted by Crippen LogP contribution is -2.49. The summed E-state index contributed by atoms with van der Waals surface area (Å²) in [6.45, 7) is 1.55. The van der Waals surface area contributed by atoms with E-state index >= 15 is 0 Å². The highest BCUT2D eigenvalue weighted by Crippen LogP contribution is 2.23. The van der Waals surface area contributed by atoms with Crippen molar-refractivity contribution < 1.29 is 4.74 Å². The van der Waals surface area contributed by atoms with Crippen molar-refractivity contribution in [3.8, 4) is 0 Å². The van der Waals surface area contributed by atoms with Crippen LogP contribution in [0.4, 0.5) is 5.82 Å². The Labute approximate surface area is 95.6 Å². The summed E-state index contributed by atoms with van der Waals surface area (Å²) in [7, 11) is 1.76. The predicted octanol–water partition coefficient (Wildman–Crippen LogP) is 0.419. The van der Waals surface area contributed by atoms with Crippen LogP contribution in [-0.2, 0) is 4.74 Å². The first-order chi connectivity index (χ1) is 7.85. The minimum atomic E-state index is 0.301. The van der Waals surface area contributed by atoms with Crippen molar-refractivity contribution in [2.24, 2.45) is 5.73 Å². The Hall–Kier alpha value is -1.20.